The number of hydrogen-bond donors (Lipinski definition) is 2. The number of benzene rings is 4. The van der Waals surface area contributed by atoms with Crippen LogP contribution in [0.2, 0.25) is 0 Å². The smallest absolute Gasteiger partial charge is 0.435 e. The molecule has 0 aliphatic carbocycles. The number of rotatable bonds is 38. The number of ether oxygens (including phenoxy) is 4. The van der Waals surface area contributed by atoms with Crippen molar-refractivity contribution in [3.63, 3.8) is 0 Å². The molecule has 0 saturated carbocycles. The molecule has 10 heterocycles. The summed E-state index contributed by atoms with van der Waals surface area (Å²) in [7, 11) is 4.34. The number of unbranched alkanes of at least 4 members (excludes halogenated alkanes) is 12. The Kier molecular flexibility index (Phi) is 37.3. The van der Waals surface area contributed by atoms with E-state index in [1.165, 1.54) is 17.5 Å². The molecule has 0 unspecified atom stereocenters. The maximum absolute atomic E-state index is 14.6. The first kappa shape index (κ1) is 99.9. The van der Waals surface area contributed by atoms with Crippen LogP contribution in [0, 0.1) is 13.8 Å². The van der Waals surface area contributed by atoms with E-state index in [0.717, 1.165) is 217 Å². The average molecular weight is 1830 g/mol. The summed E-state index contributed by atoms with van der Waals surface area (Å²) in [6.45, 7) is 24.1. The predicted molar refractivity (Wildman–Crippen MR) is 517 cm³/mol. The number of para-hydroxylation sites is 2. The third kappa shape index (κ3) is 27.2. The molecule has 6 amide bonds. The minimum Gasteiger partial charge on any atom is -0.448 e. The molecule has 0 bridgehead atoms. The highest BCUT2D eigenvalue weighted by atomic mass is 16.6. The molecule has 4 aromatic heterocycles. The first-order valence-electron chi connectivity index (χ1n) is 49.9. The number of aryl methyl sites for hydroxylation is 2. The number of pyridine rings is 2. The third-order valence-corrected chi connectivity index (χ3v) is 28.2. The Labute approximate surface area is 784 Å². The van der Waals surface area contributed by atoms with Gasteiger partial charge in [-0.2, -0.15) is 14.9 Å². The molecule has 2 atom stereocenters. The van der Waals surface area contributed by atoms with Gasteiger partial charge in [-0.15, -0.1) is 0 Å². The first-order chi connectivity index (χ1) is 64.5. The summed E-state index contributed by atoms with van der Waals surface area (Å²) < 4.78 is 28.4. The monoisotopic (exact) mass is 1830 g/mol. The number of urea groups is 2. The van der Waals surface area contributed by atoms with Crippen molar-refractivity contribution >= 4 is 91.5 Å². The summed E-state index contributed by atoms with van der Waals surface area (Å²) >= 11 is 0. The van der Waals surface area contributed by atoms with E-state index in [1.807, 2.05) is 115 Å². The Bertz CT molecular complexity index is 5340. The summed E-state index contributed by atoms with van der Waals surface area (Å²) in [6.07, 6.45) is 27.4. The molecule has 6 aliphatic rings. The number of esters is 3. The van der Waals surface area contributed by atoms with Gasteiger partial charge in [-0.3, -0.25) is 52.5 Å². The number of fused-ring (bicyclic) bond motifs is 4. The lowest BCUT2D eigenvalue weighted by molar-refractivity contribution is -0.148. The van der Waals surface area contributed by atoms with Crippen molar-refractivity contribution in [1.29, 1.82) is 0 Å². The number of nitrogens with zero attached hydrogens (tertiary/aromatic N) is 14. The maximum Gasteiger partial charge on any atom is 0.435 e. The quantitative estimate of drug-likeness (QED) is 0.0206. The van der Waals surface area contributed by atoms with Gasteiger partial charge in [0.15, 0.2) is 20.2 Å². The van der Waals surface area contributed by atoms with Crippen LogP contribution < -0.4 is 21.8 Å². The first-order valence-corrected chi connectivity index (χ1v) is 49.9. The highest BCUT2D eigenvalue weighted by Gasteiger charge is 2.38. The van der Waals surface area contributed by atoms with Crippen molar-refractivity contribution in [3.8, 4) is 0 Å². The van der Waals surface area contributed by atoms with Crippen molar-refractivity contribution in [2.24, 2.45) is 0 Å². The number of carbonyl (C=O) groups excluding carboxylic acids is 8. The molecule has 4 aromatic carbocycles. The van der Waals surface area contributed by atoms with Crippen LogP contribution >= 0.6 is 0 Å². The van der Waals surface area contributed by atoms with Crippen molar-refractivity contribution in [2.45, 2.75) is 284 Å². The van der Waals surface area contributed by atoms with Gasteiger partial charge in [0.05, 0.1) is 34.9 Å². The summed E-state index contributed by atoms with van der Waals surface area (Å²) in [6, 6.07) is 25.9. The van der Waals surface area contributed by atoms with Gasteiger partial charge in [0.1, 0.15) is 12.1 Å². The fourth-order valence-corrected chi connectivity index (χ4v) is 20.2. The fourth-order valence-electron chi connectivity index (χ4n) is 20.2. The minimum atomic E-state index is -0.827. The summed E-state index contributed by atoms with van der Waals surface area (Å²) in [4.78, 5) is 154. The number of amides is 6. The molecule has 14 rings (SSSR count). The zero-order valence-corrected chi connectivity index (χ0v) is 80.3. The summed E-state index contributed by atoms with van der Waals surface area (Å²) in [5.41, 5.74) is 7.30. The van der Waals surface area contributed by atoms with Gasteiger partial charge in [-0.1, -0.05) is 153 Å². The van der Waals surface area contributed by atoms with Crippen molar-refractivity contribution < 1.29 is 57.3 Å². The minimum absolute atomic E-state index is 0.0280. The van der Waals surface area contributed by atoms with E-state index in [-0.39, 0.29) is 91.4 Å². The number of nitrogens with one attached hydrogen (secondary N) is 2. The van der Waals surface area contributed by atoms with E-state index in [4.69, 9.17) is 24.0 Å². The van der Waals surface area contributed by atoms with Crippen LogP contribution in [0.1, 0.15) is 246 Å². The number of piperidine rings is 4. The summed E-state index contributed by atoms with van der Waals surface area (Å²) in [5.74, 6) is -1.26. The Morgan fingerprint density at radius 2 is 0.827 bits per heavy atom. The predicted octanol–water partition coefficient (Wildman–Crippen LogP) is 14.8. The average Bonchev–Trinajstić information content (AvgIpc) is 1.31. The fraction of sp³-hybridized carbons (Fsp3) is 0.612. The van der Waals surface area contributed by atoms with Crippen molar-refractivity contribution in [3.05, 3.63) is 151 Å². The van der Waals surface area contributed by atoms with Crippen LogP contribution in [-0.2, 0) is 76.0 Å². The molecular formula is C103H146N16O14. The van der Waals surface area contributed by atoms with Gasteiger partial charge in [0, 0.05) is 151 Å². The number of hydrogen-bond acceptors (Lipinski definition) is 20. The molecule has 0 spiro atoms. The SMILES string of the molecule is CCCCCCCC(=O)OCn1cc2cc(C[C@@H](NC(=O)N3CCC(c4cc5ccccc5n(COC(=O)CCCCC)c4=O)CC3)C(=O)N3CCN(C4CCN(C)CC4)CC3)cc(C)c2n1.CCCCCCCOC(=O)n1ncc2cc(C[C@@H](NC(=O)N3CCC(c4cc5ccccc5n(COC(=O)CCCCC)c4=O)CC3)C(=O)N3CCN(C4CCN(C)CC4)CC3)cc(C)c21. The van der Waals surface area contributed by atoms with Crippen molar-refractivity contribution in [1.82, 2.24) is 78.5 Å². The highest BCUT2D eigenvalue weighted by molar-refractivity contribution is 5.92. The molecule has 2 N–H and O–H groups in total. The summed E-state index contributed by atoms with van der Waals surface area (Å²) in [5, 5.41) is 18.8. The van der Waals surface area contributed by atoms with E-state index in [0.29, 0.717) is 150 Å². The molecule has 722 valence electrons. The number of carbonyl (C=O) groups is 8. The molecule has 30 heteroatoms. The molecular weight excluding hydrogens is 1690 g/mol. The van der Waals surface area contributed by atoms with Crippen molar-refractivity contribution in [2.75, 3.05) is 125 Å². The van der Waals surface area contributed by atoms with E-state index in [1.54, 1.807) is 29.8 Å². The number of likely N-dealkylation sites (tertiary alicyclic amines) is 4. The standard InChI is InChI=1S/C52H74N8O7.C51H72N8O7/c1-5-7-9-10-12-18-47(61)66-36-59-35-42-32-39(31-38(3)49(42)54-59)33-45(51(64)57-29-27-56(28-30-57)43-21-23-55(4)24-22-43)53-52(65)58-25-19-40(20-26-58)44-34-41-15-13-14-16-46(41)60(50(44)63)37-67-48(62)17-11-8-6-2;1-5-7-9-10-14-30-65-51(64)59-47-37(3)31-38(32-41(47)35-52-59)33-44(49(62)56-28-26-55(27-29-56)42-20-22-54(4)23-21-42)53-50(63)57-24-18-39(19-25-57)43-34-40-15-12-13-16-45(40)58(48(43)61)36-66-46(60)17-11-8-6-2/h13-16,31-32,34-35,40,43,45H,5-12,17-30,33,36-37H2,1-4H3,(H,53,65);12-13,15-16,31-32,34-35,39,42,44H,5-11,14,17-30,33,36H2,1-4H3,(H,53,63)/t45-;44-/m11/s1. The van der Waals surface area contributed by atoms with E-state index < -0.39 is 18.2 Å². The van der Waals surface area contributed by atoms with Crippen LogP contribution in [0.25, 0.3) is 43.6 Å². The Morgan fingerprint density at radius 1 is 0.421 bits per heavy atom. The lowest BCUT2D eigenvalue weighted by Gasteiger charge is -2.43. The number of piperazine rings is 2. The van der Waals surface area contributed by atoms with Crippen LogP contribution in [0.3, 0.4) is 0 Å². The lowest BCUT2D eigenvalue weighted by Crippen LogP contribution is -2.59. The van der Waals surface area contributed by atoms with E-state index >= 15 is 0 Å². The Balaban J connectivity index is 0.000000226. The zero-order chi connectivity index (χ0) is 93.9. The van der Waals surface area contributed by atoms with Crippen LogP contribution in [-0.4, -0.2) is 265 Å². The molecule has 0 radical (unpaired) electrons. The molecule has 133 heavy (non-hydrogen) atoms. The van der Waals surface area contributed by atoms with Crippen LogP contribution in [0.4, 0.5) is 14.4 Å². The van der Waals surface area contributed by atoms with Gasteiger partial charge in [-0.25, -0.2) is 19.1 Å². The van der Waals surface area contributed by atoms with E-state index in [9.17, 15) is 47.9 Å². The Morgan fingerprint density at radius 3 is 1.29 bits per heavy atom. The zero-order valence-electron chi connectivity index (χ0n) is 80.3. The third-order valence-electron chi connectivity index (χ3n) is 28.2. The van der Waals surface area contributed by atoms with Gasteiger partial charge >= 0.3 is 36.1 Å². The Hall–Kier alpha value is -10.6. The van der Waals surface area contributed by atoms with Crippen LogP contribution in [0.15, 0.2) is 107 Å². The normalized spacial score (nSPS) is 17.3. The number of aromatic nitrogens is 6. The van der Waals surface area contributed by atoms with Gasteiger partial charge in [0.2, 0.25) is 11.8 Å². The second-order valence-electron chi connectivity index (χ2n) is 38.0. The lowest BCUT2D eigenvalue weighted by atomic mass is 9.89. The van der Waals surface area contributed by atoms with Gasteiger partial charge in [0.25, 0.3) is 11.1 Å². The largest absolute Gasteiger partial charge is 0.448 e. The van der Waals surface area contributed by atoms with E-state index in [2.05, 4.69) is 77.1 Å². The van der Waals surface area contributed by atoms with Gasteiger partial charge < -0.3 is 59.0 Å². The highest BCUT2D eigenvalue weighted by Crippen LogP contribution is 2.33. The second kappa shape index (κ2) is 49.6. The molecule has 6 fully saturated rings. The maximum atomic E-state index is 14.6. The topological polar surface area (TPSA) is 303 Å². The van der Waals surface area contributed by atoms with Gasteiger partial charge in [-0.05, 0) is 212 Å². The second-order valence-corrected chi connectivity index (χ2v) is 38.0. The molecule has 6 saturated heterocycles. The molecule has 30 nitrogen and oxygen atoms in total. The molecule has 8 aromatic rings. The molecule has 6 aliphatic heterocycles. The van der Waals surface area contributed by atoms with Crippen LogP contribution in [0.5, 0.6) is 0 Å².